The highest BCUT2D eigenvalue weighted by Gasteiger charge is 2.36. The number of aromatic carboxylic acids is 1. The van der Waals surface area contributed by atoms with Gasteiger partial charge in [0.2, 0.25) is 11.0 Å². The fourth-order valence-electron chi connectivity index (χ4n) is 3.20. The van der Waals surface area contributed by atoms with Crippen molar-refractivity contribution in [3.63, 3.8) is 0 Å². The molecule has 1 unspecified atom stereocenters. The Kier molecular flexibility index (Phi) is 4.79. The quantitative estimate of drug-likeness (QED) is 0.811. The van der Waals surface area contributed by atoms with Crippen LogP contribution in [0.1, 0.15) is 35.8 Å². The zero-order valence-corrected chi connectivity index (χ0v) is 15.9. The molecular formula is C20H18N4O3S. The Morgan fingerprint density at radius 1 is 1.32 bits per heavy atom. The van der Waals surface area contributed by atoms with Crippen LogP contribution in [-0.4, -0.2) is 27.7 Å². The van der Waals surface area contributed by atoms with Crippen molar-refractivity contribution in [3.05, 3.63) is 70.5 Å². The largest absolute Gasteiger partial charge is 0.476 e. The molecule has 1 aromatic carbocycles. The molecule has 0 bridgehead atoms. The monoisotopic (exact) mass is 394 g/mol. The van der Waals surface area contributed by atoms with E-state index in [1.54, 1.807) is 11.9 Å². The molecule has 1 aliphatic carbocycles. The van der Waals surface area contributed by atoms with Gasteiger partial charge in [0, 0.05) is 23.4 Å². The van der Waals surface area contributed by atoms with E-state index in [1.807, 2.05) is 42.5 Å². The summed E-state index contributed by atoms with van der Waals surface area (Å²) in [5.74, 6) is -1.11. The minimum atomic E-state index is -1.07. The highest BCUT2D eigenvalue weighted by Crippen LogP contribution is 2.39. The van der Waals surface area contributed by atoms with Gasteiger partial charge in [-0.1, -0.05) is 43.3 Å². The number of hydrazone groups is 1. The van der Waals surface area contributed by atoms with Crippen LogP contribution < -0.4 is 10.3 Å². The van der Waals surface area contributed by atoms with Crippen molar-refractivity contribution in [2.24, 2.45) is 11.0 Å². The zero-order valence-electron chi connectivity index (χ0n) is 15.1. The Morgan fingerprint density at radius 2 is 2.11 bits per heavy atom. The lowest BCUT2D eigenvalue weighted by Crippen LogP contribution is -2.26. The molecule has 142 valence electrons. The normalized spacial score (nSPS) is 18.1. The fourth-order valence-corrected chi connectivity index (χ4v) is 3.97. The molecule has 8 heteroatoms. The van der Waals surface area contributed by atoms with Crippen molar-refractivity contribution in [1.29, 1.82) is 0 Å². The number of nitrogens with one attached hydrogen (secondary N) is 1. The van der Waals surface area contributed by atoms with Crippen molar-refractivity contribution >= 4 is 34.1 Å². The molecule has 4 rings (SSSR count). The molecule has 7 nitrogen and oxygen atoms in total. The van der Waals surface area contributed by atoms with E-state index in [9.17, 15) is 14.7 Å². The van der Waals surface area contributed by atoms with Gasteiger partial charge in [-0.2, -0.15) is 5.10 Å². The number of carbonyl (C=O) groups is 2. The van der Waals surface area contributed by atoms with Crippen LogP contribution in [0.5, 0.6) is 0 Å². The Morgan fingerprint density at radius 3 is 2.79 bits per heavy atom. The molecule has 1 atom stereocenters. The van der Waals surface area contributed by atoms with Gasteiger partial charge < -0.3 is 10.4 Å². The summed E-state index contributed by atoms with van der Waals surface area (Å²) in [5, 5.41) is 20.5. The molecule has 28 heavy (non-hydrogen) atoms. The molecule has 0 spiro atoms. The summed E-state index contributed by atoms with van der Waals surface area (Å²) in [4.78, 5) is 27.2. The van der Waals surface area contributed by atoms with Crippen LogP contribution in [0.25, 0.3) is 0 Å². The van der Waals surface area contributed by atoms with Crippen molar-refractivity contribution in [2.75, 3.05) is 5.01 Å². The van der Waals surface area contributed by atoms with Crippen LogP contribution in [0.15, 0.2) is 64.4 Å². The average Bonchev–Trinajstić information content (AvgIpc) is 3.33. The maximum atomic E-state index is 11.8. The van der Waals surface area contributed by atoms with Crippen molar-refractivity contribution in [1.82, 2.24) is 10.3 Å². The van der Waals surface area contributed by atoms with E-state index in [2.05, 4.69) is 10.3 Å². The number of aromatic nitrogens is 1. The first-order chi connectivity index (χ1) is 13.6. The highest BCUT2D eigenvalue weighted by atomic mass is 32.1. The van der Waals surface area contributed by atoms with Gasteiger partial charge in [-0.3, -0.25) is 4.79 Å². The van der Waals surface area contributed by atoms with Crippen LogP contribution in [0.3, 0.4) is 0 Å². The average molecular weight is 394 g/mol. The lowest BCUT2D eigenvalue weighted by molar-refractivity contribution is -0.120. The number of carboxylic acids is 1. The molecule has 0 fully saturated rings. The van der Waals surface area contributed by atoms with Gasteiger partial charge in [-0.25, -0.2) is 14.8 Å². The van der Waals surface area contributed by atoms with E-state index in [0.29, 0.717) is 18.0 Å². The van der Waals surface area contributed by atoms with Gasteiger partial charge in [0.05, 0.1) is 11.4 Å². The summed E-state index contributed by atoms with van der Waals surface area (Å²) in [6.45, 7) is 1.80. The number of hydrogen-bond donors (Lipinski definition) is 2. The summed E-state index contributed by atoms with van der Waals surface area (Å²) in [6, 6.07) is 9.88. The summed E-state index contributed by atoms with van der Waals surface area (Å²) in [5.41, 5.74) is 3.49. The molecule has 2 aliphatic rings. The molecule has 2 aromatic rings. The lowest BCUT2D eigenvalue weighted by atomic mass is 9.88. The van der Waals surface area contributed by atoms with Crippen LogP contribution in [0.2, 0.25) is 0 Å². The van der Waals surface area contributed by atoms with Gasteiger partial charge in [0.15, 0.2) is 5.69 Å². The smallest absolute Gasteiger partial charge is 0.355 e. The number of thiazole rings is 1. The van der Waals surface area contributed by atoms with Crippen LogP contribution in [-0.2, 0) is 4.79 Å². The second-order valence-electron chi connectivity index (χ2n) is 6.40. The number of allylic oxidation sites excluding steroid dienone is 3. The van der Waals surface area contributed by atoms with Gasteiger partial charge in [-0.15, -0.1) is 11.3 Å². The van der Waals surface area contributed by atoms with E-state index in [-0.39, 0.29) is 17.5 Å². The highest BCUT2D eigenvalue weighted by molar-refractivity contribution is 7.14. The first-order valence-corrected chi connectivity index (χ1v) is 9.79. The third-order valence-corrected chi connectivity index (χ3v) is 5.40. The fraction of sp³-hybridized carbons (Fsp3) is 0.200. The maximum Gasteiger partial charge on any atom is 0.355 e. The maximum absolute atomic E-state index is 11.8. The number of fused-ring (bicyclic) bond motifs is 1. The second kappa shape index (κ2) is 7.40. The van der Waals surface area contributed by atoms with Crippen molar-refractivity contribution in [2.45, 2.75) is 19.8 Å². The summed E-state index contributed by atoms with van der Waals surface area (Å²) in [7, 11) is 0. The van der Waals surface area contributed by atoms with Crippen LogP contribution in [0, 0.1) is 5.92 Å². The Bertz CT molecular complexity index is 1020. The van der Waals surface area contributed by atoms with E-state index in [1.165, 1.54) is 16.7 Å². The van der Waals surface area contributed by atoms with E-state index in [4.69, 9.17) is 5.10 Å². The van der Waals surface area contributed by atoms with Gasteiger partial charge in [-0.05, 0) is 18.1 Å². The third kappa shape index (κ3) is 3.34. The molecule has 1 amide bonds. The summed E-state index contributed by atoms with van der Waals surface area (Å²) < 4.78 is 0. The summed E-state index contributed by atoms with van der Waals surface area (Å²) >= 11 is 1.23. The molecule has 0 radical (unpaired) electrons. The van der Waals surface area contributed by atoms with E-state index in [0.717, 1.165) is 22.7 Å². The second-order valence-corrected chi connectivity index (χ2v) is 7.24. The Labute approximate surface area is 165 Å². The molecule has 2 N–H and O–H groups in total. The molecule has 1 aromatic heterocycles. The minimum Gasteiger partial charge on any atom is -0.476 e. The minimum absolute atomic E-state index is 0.00799. The zero-order chi connectivity index (χ0) is 19.7. The van der Waals surface area contributed by atoms with Gasteiger partial charge in [0.1, 0.15) is 0 Å². The first kappa shape index (κ1) is 18.1. The van der Waals surface area contributed by atoms with Gasteiger partial charge in [0.25, 0.3) is 0 Å². The number of benzene rings is 1. The molecule has 0 saturated heterocycles. The van der Waals surface area contributed by atoms with Crippen molar-refractivity contribution in [3.8, 4) is 0 Å². The van der Waals surface area contributed by atoms with Crippen LogP contribution >= 0.6 is 11.3 Å². The number of rotatable bonds is 5. The topological polar surface area (TPSA) is 94.9 Å². The third-order valence-electron chi connectivity index (χ3n) is 4.58. The number of carboxylic acid groups (broad SMARTS) is 1. The molecule has 1 aliphatic heterocycles. The van der Waals surface area contributed by atoms with Crippen LogP contribution in [0.4, 0.5) is 5.13 Å². The number of carbonyl (C=O) groups excluding carboxylic acids is 1. The van der Waals surface area contributed by atoms with E-state index < -0.39 is 5.97 Å². The lowest BCUT2D eigenvalue weighted by Gasteiger charge is -2.22. The predicted octanol–water partition coefficient (Wildman–Crippen LogP) is 3.38. The van der Waals surface area contributed by atoms with Gasteiger partial charge >= 0.3 is 5.97 Å². The first-order valence-electron chi connectivity index (χ1n) is 8.91. The molecule has 0 saturated carbocycles. The number of hydrogen-bond acceptors (Lipinski definition) is 6. The Balaban J connectivity index is 1.74. The van der Waals surface area contributed by atoms with Crippen molar-refractivity contribution < 1.29 is 14.7 Å². The SMILES string of the molecule is CCC(=O)NC1=CCC2C(=C1)N(c1nc(C(=O)O)cs1)N=C2c1ccccc1. The van der Waals surface area contributed by atoms with E-state index >= 15 is 0 Å². The summed E-state index contributed by atoms with van der Waals surface area (Å²) in [6.07, 6.45) is 4.97. The number of amides is 1. The predicted molar refractivity (Wildman–Crippen MR) is 107 cm³/mol. The molecular weight excluding hydrogens is 376 g/mol. The number of anilines is 1. The Hall–Kier alpha value is -3.26. The standard InChI is InChI=1S/C20H18N4O3S/c1-2-17(25)21-13-8-9-14-16(10-13)24(20-22-15(11-28-20)19(26)27)23-18(14)12-6-4-3-5-7-12/h3-8,10-11,14H,2,9H2,1H3,(H,21,25)(H,26,27). The number of nitrogens with zero attached hydrogens (tertiary/aromatic N) is 3. The molecule has 2 heterocycles.